The third kappa shape index (κ3) is 5.20. The first-order valence-electron chi connectivity index (χ1n) is 5.47. The average molecular weight is 268 g/mol. The van der Waals surface area contributed by atoms with Crippen LogP contribution >= 0.6 is 0 Å². The standard InChI is InChI=1S/C13H13FO5/c14-5-6-19-11-3-1-9(2-4-11)7-10(13(17)18)8-12(15)16/h1-4,7H,5-6,8H2,(H,15,16)(H,17,18)/b10-7+. The van der Waals surface area contributed by atoms with E-state index in [1.54, 1.807) is 24.3 Å². The second-order valence-corrected chi connectivity index (χ2v) is 3.65. The Balaban J connectivity index is 2.83. The van der Waals surface area contributed by atoms with Gasteiger partial charge in [-0.05, 0) is 23.8 Å². The maximum absolute atomic E-state index is 11.9. The summed E-state index contributed by atoms with van der Waals surface area (Å²) in [5.74, 6) is -2.03. The topological polar surface area (TPSA) is 83.8 Å². The summed E-state index contributed by atoms with van der Waals surface area (Å²) in [4.78, 5) is 21.4. The minimum absolute atomic E-state index is 0.0470. The molecule has 0 aliphatic rings. The van der Waals surface area contributed by atoms with Crippen molar-refractivity contribution in [3.8, 4) is 5.75 Å². The van der Waals surface area contributed by atoms with Gasteiger partial charge in [-0.3, -0.25) is 4.79 Å². The highest BCUT2D eigenvalue weighted by Crippen LogP contribution is 2.16. The molecule has 0 amide bonds. The number of aliphatic carboxylic acids is 2. The SMILES string of the molecule is O=C(O)C/C(=C\c1ccc(OCCF)cc1)C(=O)O. The van der Waals surface area contributed by atoms with Gasteiger partial charge in [0.15, 0.2) is 0 Å². The zero-order valence-electron chi connectivity index (χ0n) is 10.0. The number of alkyl halides is 1. The highest BCUT2D eigenvalue weighted by atomic mass is 19.1. The van der Waals surface area contributed by atoms with Crippen LogP contribution in [0, 0.1) is 0 Å². The Hall–Kier alpha value is -2.37. The molecule has 1 aromatic rings. The first-order valence-corrected chi connectivity index (χ1v) is 5.47. The van der Waals surface area contributed by atoms with E-state index in [-0.39, 0.29) is 12.2 Å². The van der Waals surface area contributed by atoms with Crippen LogP contribution in [0.15, 0.2) is 29.8 Å². The fourth-order valence-corrected chi connectivity index (χ4v) is 1.37. The van der Waals surface area contributed by atoms with Gasteiger partial charge in [0.1, 0.15) is 19.0 Å². The van der Waals surface area contributed by atoms with Crippen molar-refractivity contribution in [3.05, 3.63) is 35.4 Å². The number of benzene rings is 1. The molecular formula is C13H13FO5. The molecule has 0 atom stereocenters. The van der Waals surface area contributed by atoms with Crippen molar-refractivity contribution in [3.63, 3.8) is 0 Å². The summed E-state index contributed by atoms with van der Waals surface area (Å²) in [5.41, 5.74) is 0.316. The normalized spacial score (nSPS) is 11.1. The molecule has 0 spiro atoms. The van der Waals surface area contributed by atoms with Gasteiger partial charge in [-0.2, -0.15) is 0 Å². The van der Waals surface area contributed by atoms with Crippen molar-refractivity contribution in [1.82, 2.24) is 0 Å². The number of rotatable bonds is 7. The maximum atomic E-state index is 11.9. The van der Waals surface area contributed by atoms with Crippen molar-refractivity contribution in [1.29, 1.82) is 0 Å². The van der Waals surface area contributed by atoms with Gasteiger partial charge >= 0.3 is 11.9 Å². The number of ether oxygens (including phenoxy) is 1. The number of carbonyl (C=O) groups is 2. The molecule has 0 saturated heterocycles. The molecule has 0 heterocycles. The maximum Gasteiger partial charge on any atom is 0.332 e. The summed E-state index contributed by atoms with van der Waals surface area (Å²) >= 11 is 0. The Morgan fingerprint density at radius 2 is 1.84 bits per heavy atom. The van der Waals surface area contributed by atoms with E-state index in [0.29, 0.717) is 11.3 Å². The molecular weight excluding hydrogens is 255 g/mol. The van der Waals surface area contributed by atoms with Crippen LogP contribution in [0.1, 0.15) is 12.0 Å². The lowest BCUT2D eigenvalue weighted by atomic mass is 10.1. The summed E-state index contributed by atoms with van der Waals surface area (Å²) in [6.07, 6.45) is 0.713. The molecule has 19 heavy (non-hydrogen) atoms. The molecule has 0 aliphatic carbocycles. The quantitative estimate of drug-likeness (QED) is 0.739. The Labute approximate surface area is 108 Å². The van der Waals surface area contributed by atoms with Gasteiger partial charge in [0.25, 0.3) is 0 Å². The zero-order valence-corrected chi connectivity index (χ0v) is 10.0. The molecule has 2 N–H and O–H groups in total. The highest BCUT2D eigenvalue weighted by Gasteiger charge is 2.11. The molecule has 5 nitrogen and oxygen atoms in total. The molecule has 0 fully saturated rings. The second-order valence-electron chi connectivity index (χ2n) is 3.65. The Morgan fingerprint density at radius 3 is 2.32 bits per heavy atom. The van der Waals surface area contributed by atoms with E-state index in [1.807, 2.05) is 0 Å². The monoisotopic (exact) mass is 268 g/mol. The van der Waals surface area contributed by atoms with E-state index < -0.39 is 25.0 Å². The van der Waals surface area contributed by atoms with Crippen LogP contribution in [0.2, 0.25) is 0 Å². The van der Waals surface area contributed by atoms with Gasteiger partial charge in [-0.15, -0.1) is 0 Å². The molecule has 1 aromatic carbocycles. The summed E-state index contributed by atoms with van der Waals surface area (Å²) in [6, 6.07) is 6.25. The van der Waals surface area contributed by atoms with Crippen LogP contribution in [0.5, 0.6) is 5.75 Å². The first-order chi connectivity index (χ1) is 9.02. The van der Waals surface area contributed by atoms with Gasteiger partial charge in [0.05, 0.1) is 6.42 Å². The molecule has 0 bridgehead atoms. The van der Waals surface area contributed by atoms with Crippen molar-refractivity contribution in [2.75, 3.05) is 13.3 Å². The Morgan fingerprint density at radius 1 is 1.21 bits per heavy atom. The first kappa shape index (κ1) is 14.7. The lowest BCUT2D eigenvalue weighted by Crippen LogP contribution is -2.06. The van der Waals surface area contributed by atoms with Gasteiger partial charge in [0.2, 0.25) is 0 Å². The highest BCUT2D eigenvalue weighted by molar-refractivity contribution is 5.96. The van der Waals surface area contributed by atoms with E-state index in [0.717, 1.165) is 0 Å². The van der Waals surface area contributed by atoms with Crippen LogP contribution in [-0.2, 0) is 9.59 Å². The van der Waals surface area contributed by atoms with Gasteiger partial charge in [-0.1, -0.05) is 12.1 Å². The van der Waals surface area contributed by atoms with E-state index in [9.17, 15) is 14.0 Å². The van der Waals surface area contributed by atoms with E-state index in [1.165, 1.54) is 6.08 Å². The summed E-state index contributed by atoms with van der Waals surface area (Å²) in [5, 5.41) is 17.4. The van der Waals surface area contributed by atoms with Crippen LogP contribution in [0.25, 0.3) is 6.08 Å². The summed E-state index contributed by atoms with van der Waals surface area (Å²) in [6.45, 7) is -0.641. The third-order valence-corrected chi connectivity index (χ3v) is 2.18. The smallest absolute Gasteiger partial charge is 0.332 e. The Kier molecular flexibility index (Phi) is 5.53. The molecule has 0 radical (unpaired) electrons. The van der Waals surface area contributed by atoms with Gasteiger partial charge < -0.3 is 14.9 Å². The lowest BCUT2D eigenvalue weighted by Gasteiger charge is -2.04. The fraction of sp³-hybridized carbons (Fsp3) is 0.231. The average Bonchev–Trinajstić information content (AvgIpc) is 2.36. The molecule has 1 rings (SSSR count). The van der Waals surface area contributed by atoms with Crippen LogP contribution in [-0.4, -0.2) is 35.4 Å². The zero-order chi connectivity index (χ0) is 14.3. The van der Waals surface area contributed by atoms with E-state index in [2.05, 4.69) is 0 Å². The predicted molar refractivity (Wildman–Crippen MR) is 65.8 cm³/mol. The van der Waals surface area contributed by atoms with Crippen molar-refractivity contribution in [2.45, 2.75) is 6.42 Å². The van der Waals surface area contributed by atoms with Crippen LogP contribution in [0.4, 0.5) is 4.39 Å². The van der Waals surface area contributed by atoms with Gasteiger partial charge in [-0.25, -0.2) is 9.18 Å². The van der Waals surface area contributed by atoms with Crippen molar-refractivity contribution < 1.29 is 28.9 Å². The Bertz CT molecular complexity index is 478. The van der Waals surface area contributed by atoms with Crippen LogP contribution in [0.3, 0.4) is 0 Å². The molecule has 0 aliphatic heterocycles. The molecule has 102 valence electrons. The largest absolute Gasteiger partial charge is 0.491 e. The summed E-state index contributed by atoms with van der Waals surface area (Å²) < 4.78 is 16.9. The third-order valence-electron chi connectivity index (χ3n) is 2.18. The molecule has 0 aromatic heterocycles. The van der Waals surface area contributed by atoms with Crippen molar-refractivity contribution in [2.24, 2.45) is 0 Å². The van der Waals surface area contributed by atoms with Crippen LogP contribution < -0.4 is 4.74 Å². The lowest BCUT2D eigenvalue weighted by molar-refractivity contribution is -0.139. The molecule has 0 saturated carbocycles. The number of halogens is 1. The number of hydrogen-bond acceptors (Lipinski definition) is 3. The second kappa shape index (κ2) is 7.15. The number of carboxylic acid groups (broad SMARTS) is 2. The molecule has 6 heteroatoms. The summed E-state index contributed by atoms with van der Waals surface area (Å²) in [7, 11) is 0. The fourth-order valence-electron chi connectivity index (χ4n) is 1.37. The minimum Gasteiger partial charge on any atom is -0.491 e. The number of carboxylic acids is 2. The van der Waals surface area contributed by atoms with Gasteiger partial charge in [0, 0.05) is 5.57 Å². The van der Waals surface area contributed by atoms with Crippen molar-refractivity contribution >= 4 is 18.0 Å². The minimum atomic E-state index is -1.28. The number of hydrogen-bond donors (Lipinski definition) is 2. The predicted octanol–water partition coefficient (Wildman–Crippen LogP) is 1.98. The van der Waals surface area contributed by atoms with E-state index >= 15 is 0 Å². The van der Waals surface area contributed by atoms with E-state index in [4.69, 9.17) is 14.9 Å². The molecule has 0 unspecified atom stereocenters.